The number of aryl methyl sites for hydroxylation is 1. The minimum atomic E-state index is -3.62. The molecule has 1 rings (SSSR count). The topological polar surface area (TPSA) is 83.5 Å². The van der Waals surface area contributed by atoms with Gasteiger partial charge < -0.3 is 5.11 Å². The van der Waals surface area contributed by atoms with Gasteiger partial charge in [0, 0.05) is 6.54 Å². The van der Waals surface area contributed by atoms with Gasteiger partial charge >= 0.3 is 5.97 Å². The molecule has 2 N–H and O–H groups in total. The maximum Gasteiger partial charge on any atom is 0.307 e. The predicted molar refractivity (Wildman–Crippen MR) is 63.2 cm³/mol. The third kappa shape index (κ3) is 3.83. The summed E-state index contributed by atoms with van der Waals surface area (Å²) in [5.41, 5.74) is 0.833. The van der Waals surface area contributed by atoms with Crippen LogP contribution in [0.4, 0.5) is 0 Å². The Morgan fingerprint density at radius 2 is 2.12 bits per heavy atom. The molecule has 1 aromatic carbocycles. The van der Waals surface area contributed by atoms with E-state index in [0.717, 1.165) is 5.56 Å². The van der Waals surface area contributed by atoms with Crippen LogP contribution < -0.4 is 4.72 Å². The second kappa shape index (κ2) is 5.29. The monoisotopic (exact) mass is 257 g/mol. The molecule has 1 atom stereocenters. The van der Waals surface area contributed by atoms with E-state index in [9.17, 15) is 13.2 Å². The molecule has 1 unspecified atom stereocenters. The van der Waals surface area contributed by atoms with Crippen LogP contribution in [0.15, 0.2) is 29.2 Å². The quantitative estimate of drug-likeness (QED) is 0.824. The molecule has 0 saturated carbocycles. The number of hydrogen-bond donors (Lipinski definition) is 2. The van der Waals surface area contributed by atoms with E-state index < -0.39 is 21.9 Å². The molecule has 0 fully saturated rings. The number of benzene rings is 1. The zero-order valence-electron chi connectivity index (χ0n) is 9.67. The molecular formula is C11H15NO4S. The van der Waals surface area contributed by atoms with E-state index in [-0.39, 0.29) is 11.4 Å². The fraction of sp³-hybridized carbons (Fsp3) is 0.364. The summed E-state index contributed by atoms with van der Waals surface area (Å²) in [6, 6.07) is 6.44. The summed E-state index contributed by atoms with van der Waals surface area (Å²) in [6.07, 6.45) is 0. The molecule has 0 aliphatic rings. The molecule has 0 saturated heterocycles. The van der Waals surface area contributed by atoms with E-state index in [2.05, 4.69) is 4.72 Å². The highest BCUT2D eigenvalue weighted by atomic mass is 32.2. The lowest BCUT2D eigenvalue weighted by Crippen LogP contribution is -2.31. The van der Waals surface area contributed by atoms with Gasteiger partial charge in [0.05, 0.1) is 10.8 Å². The number of aliphatic carboxylic acids is 1. The fourth-order valence-electron chi connectivity index (χ4n) is 1.19. The van der Waals surface area contributed by atoms with Gasteiger partial charge in [0.2, 0.25) is 10.0 Å². The van der Waals surface area contributed by atoms with E-state index in [1.165, 1.54) is 19.1 Å². The van der Waals surface area contributed by atoms with E-state index in [0.29, 0.717) is 0 Å². The zero-order valence-corrected chi connectivity index (χ0v) is 10.5. The van der Waals surface area contributed by atoms with Crippen molar-refractivity contribution in [2.45, 2.75) is 18.7 Å². The maximum absolute atomic E-state index is 11.8. The number of nitrogens with one attached hydrogen (secondary N) is 1. The van der Waals surface area contributed by atoms with Crippen LogP contribution in [-0.2, 0) is 14.8 Å². The lowest BCUT2D eigenvalue weighted by Gasteiger charge is -2.09. The molecule has 94 valence electrons. The minimum absolute atomic E-state index is 0.119. The third-order valence-corrected chi connectivity index (χ3v) is 3.72. The molecule has 0 aliphatic heterocycles. The van der Waals surface area contributed by atoms with E-state index in [1.807, 2.05) is 0 Å². The van der Waals surface area contributed by atoms with Crippen molar-refractivity contribution in [1.29, 1.82) is 0 Å². The number of rotatable bonds is 5. The third-order valence-electron chi connectivity index (χ3n) is 2.30. The van der Waals surface area contributed by atoms with Gasteiger partial charge in [0.25, 0.3) is 0 Å². The lowest BCUT2D eigenvalue weighted by atomic mass is 10.2. The second-order valence-electron chi connectivity index (χ2n) is 3.91. The highest BCUT2D eigenvalue weighted by molar-refractivity contribution is 7.89. The van der Waals surface area contributed by atoms with Crippen molar-refractivity contribution in [3.8, 4) is 0 Å². The summed E-state index contributed by atoms with van der Waals surface area (Å²) < 4.78 is 25.9. The molecule has 5 nitrogen and oxygen atoms in total. The van der Waals surface area contributed by atoms with Gasteiger partial charge in [-0.05, 0) is 24.6 Å². The molecule has 0 heterocycles. The Labute approximate surface area is 101 Å². The largest absolute Gasteiger partial charge is 0.481 e. The summed E-state index contributed by atoms with van der Waals surface area (Å²) in [4.78, 5) is 10.7. The van der Waals surface area contributed by atoms with Gasteiger partial charge in [-0.3, -0.25) is 4.79 Å². The normalized spacial score (nSPS) is 13.3. The Bertz CT molecular complexity index is 510. The van der Waals surface area contributed by atoms with Crippen LogP contribution >= 0.6 is 0 Å². The van der Waals surface area contributed by atoms with Crippen LogP contribution in [0.2, 0.25) is 0 Å². The average Bonchev–Trinajstić information content (AvgIpc) is 2.26. The number of sulfonamides is 1. The summed E-state index contributed by atoms with van der Waals surface area (Å²) in [5.74, 6) is -1.79. The van der Waals surface area contributed by atoms with Gasteiger partial charge in [0.15, 0.2) is 0 Å². The van der Waals surface area contributed by atoms with Crippen LogP contribution in [0.5, 0.6) is 0 Å². The van der Waals surface area contributed by atoms with Gasteiger partial charge in [-0.2, -0.15) is 0 Å². The van der Waals surface area contributed by atoms with Gasteiger partial charge in [-0.25, -0.2) is 13.1 Å². The Morgan fingerprint density at radius 3 is 2.65 bits per heavy atom. The summed E-state index contributed by atoms with van der Waals surface area (Å²) in [5, 5.41) is 8.66. The Hall–Kier alpha value is -1.40. The average molecular weight is 257 g/mol. The van der Waals surface area contributed by atoms with Crippen molar-refractivity contribution in [3.05, 3.63) is 29.8 Å². The zero-order chi connectivity index (χ0) is 13.1. The number of carboxylic acids is 1. The standard InChI is InChI=1S/C11H15NO4S/c1-8-4-3-5-10(6-8)17(15,16)12-7-9(2)11(13)14/h3-6,9,12H,7H2,1-2H3,(H,13,14). The van der Waals surface area contributed by atoms with Gasteiger partial charge in [-0.1, -0.05) is 19.1 Å². The maximum atomic E-state index is 11.8. The first kappa shape index (κ1) is 13.7. The molecule has 17 heavy (non-hydrogen) atoms. The molecule has 0 spiro atoms. The lowest BCUT2D eigenvalue weighted by molar-refractivity contribution is -0.140. The van der Waals surface area contributed by atoms with Crippen LogP contribution in [0.1, 0.15) is 12.5 Å². The molecule has 6 heteroatoms. The highest BCUT2D eigenvalue weighted by Gasteiger charge is 2.17. The molecule has 0 aromatic heterocycles. The van der Waals surface area contributed by atoms with Crippen molar-refractivity contribution < 1.29 is 18.3 Å². The summed E-state index contributed by atoms with van der Waals surface area (Å²) in [6.45, 7) is 3.12. The number of carboxylic acid groups (broad SMARTS) is 1. The molecule has 0 bridgehead atoms. The molecule has 0 aliphatic carbocycles. The van der Waals surface area contributed by atoms with Crippen molar-refractivity contribution in [2.75, 3.05) is 6.54 Å². The van der Waals surface area contributed by atoms with Crippen LogP contribution in [0.25, 0.3) is 0 Å². The van der Waals surface area contributed by atoms with Crippen molar-refractivity contribution in [2.24, 2.45) is 5.92 Å². The van der Waals surface area contributed by atoms with Crippen LogP contribution in [-0.4, -0.2) is 26.0 Å². The smallest absolute Gasteiger partial charge is 0.307 e. The van der Waals surface area contributed by atoms with E-state index in [1.54, 1.807) is 19.1 Å². The first-order valence-electron chi connectivity index (χ1n) is 5.12. The summed E-state index contributed by atoms with van der Waals surface area (Å²) in [7, 11) is -3.62. The minimum Gasteiger partial charge on any atom is -0.481 e. The molecule has 0 radical (unpaired) electrons. The Kier molecular flexibility index (Phi) is 4.25. The van der Waals surface area contributed by atoms with Crippen LogP contribution in [0, 0.1) is 12.8 Å². The molecule has 0 amide bonds. The van der Waals surface area contributed by atoms with Gasteiger partial charge in [0.1, 0.15) is 0 Å². The van der Waals surface area contributed by atoms with Crippen molar-refractivity contribution in [3.63, 3.8) is 0 Å². The van der Waals surface area contributed by atoms with Crippen molar-refractivity contribution in [1.82, 2.24) is 4.72 Å². The molecular weight excluding hydrogens is 242 g/mol. The first-order chi connectivity index (χ1) is 7.83. The van der Waals surface area contributed by atoms with E-state index >= 15 is 0 Å². The number of hydrogen-bond acceptors (Lipinski definition) is 3. The highest BCUT2D eigenvalue weighted by Crippen LogP contribution is 2.10. The fourth-order valence-corrected chi connectivity index (χ4v) is 2.42. The summed E-state index contributed by atoms with van der Waals surface area (Å²) >= 11 is 0. The number of carbonyl (C=O) groups is 1. The van der Waals surface area contributed by atoms with Gasteiger partial charge in [-0.15, -0.1) is 0 Å². The molecule has 1 aromatic rings. The predicted octanol–water partition coefficient (Wildman–Crippen LogP) is 0.994. The Morgan fingerprint density at radius 1 is 1.47 bits per heavy atom. The SMILES string of the molecule is Cc1cccc(S(=O)(=O)NCC(C)C(=O)O)c1. The first-order valence-corrected chi connectivity index (χ1v) is 6.60. The Balaban J connectivity index is 2.79. The second-order valence-corrected chi connectivity index (χ2v) is 5.67. The van der Waals surface area contributed by atoms with Crippen LogP contribution in [0.3, 0.4) is 0 Å². The van der Waals surface area contributed by atoms with E-state index in [4.69, 9.17) is 5.11 Å². The van der Waals surface area contributed by atoms with Crippen molar-refractivity contribution >= 4 is 16.0 Å².